The Kier molecular flexibility index (Phi) is 5.50. The van der Waals surface area contributed by atoms with Crippen LogP contribution in [0.5, 0.6) is 5.75 Å². The van der Waals surface area contributed by atoms with Crippen LogP contribution < -0.4 is 10.1 Å². The molecule has 0 saturated heterocycles. The molecule has 1 fully saturated rings. The minimum absolute atomic E-state index is 0.0324. The van der Waals surface area contributed by atoms with Gasteiger partial charge in [-0.2, -0.15) is 8.78 Å². The van der Waals surface area contributed by atoms with E-state index in [1.54, 1.807) is 0 Å². The van der Waals surface area contributed by atoms with E-state index < -0.39 is 6.61 Å². The third kappa shape index (κ3) is 4.67. The van der Waals surface area contributed by atoms with Crippen molar-refractivity contribution < 1.29 is 23.4 Å². The van der Waals surface area contributed by atoms with Crippen LogP contribution in [-0.2, 0) is 0 Å². The van der Waals surface area contributed by atoms with Crippen molar-refractivity contribution in [2.75, 3.05) is 6.61 Å². The highest BCUT2D eigenvalue weighted by atomic mass is 19.3. The Morgan fingerprint density at radius 1 is 1.24 bits per heavy atom. The first-order valence-corrected chi connectivity index (χ1v) is 7.05. The molecule has 0 spiro atoms. The molecule has 0 unspecified atom stereocenters. The minimum atomic E-state index is -2.87. The van der Waals surface area contributed by atoms with E-state index in [1.807, 2.05) is 0 Å². The number of benzene rings is 1. The fraction of sp³-hybridized carbons (Fsp3) is 0.533. The summed E-state index contributed by atoms with van der Waals surface area (Å²) in [6, 6.07) is 5.74. The smallest absolute Gasteiger partial charge is 0.387 e. The van der Waals surface area contributed by atoms with Crippen LogP contribution in [0.1, 0.15) is 36.0 Å². The van der Waals surface area contributed by atoms with Gasteiger partial charge in [0.05, 0.1) is 0 Å². The van der Waals surface area contributed by atoms with Gasteiger partial charge in [0, 0.05) is 18.2 Å². The number of carbonyl (C=O) groups excluding carboxylic acids is 1. The topological polar surface area (TPSA) is 58.6 Å². The molecule has 6 heteroatoms. The Balaban J connectivity index is 1.86. The Labute approximate surface area is 122 Å². The maximum atomic E-state index is 12.0. The summed E-state index contributed by atoms with van der Waals surface area (Å²) in [6.45, 7) is -2.67. The molecule has 0 heterocycles. The van der Waals surface area contributed by atoms with E-state index in [2.05, 4.69) is 10.1 Å². The van der Waals surface area contributed by atoms with Gasteiger partial charge < -0.3 is 15.2 Å². The number of alkyl halides is 2. The maximum absolute atomic E-state index is 12.0. The van der Waals surface area contributed by atoms with Crippen LogP contribution in [0.4, 0.5) is 8.78 Å². The standard InChI is InChI=1S/C15H19F2NO3/c16-15(17)21-13-7-3-11(4-8-13)14(20)18-12-5-1-10(9-19)2-6-12/h3-4,7-8,10,12,15,19H,1-2,5-6,9H2,(H,18,20). The van der Waals surface area contributed by atoms with E-state index in [1.165, 1.54) is 24.3 Å². The summed E-state index contributed by atoms with van der Waals surface area (Å²) in [5.74, 6) is 0.153. The Bertz CT molecular complexity index is 456. The fourth-order valence-corrected chi connectivity index (χ4v) is 2.55. The van der Waals surface area contributed by atoms with Gasteiger partial charge in [-0.05, 0) is 55.9 Å². The molecule has 2 N–H and O–H groups in total. The average Bonchev–Trinajstić information content (AvgIpc) is 2.48. The predicted molar refractivity (Wildman–Crippen MR) is 73.4 cm³/mol. The van der Waals surface area contributed by atoms with Gasteiger partial charge in [0.25, 0.3) is 5.91 Å². The van der Waals surface area contributed by atoms with Crippen LogP contribution in [0, 0.1) is 5.92 Å². The van der Waals surface area contributed by atoms with Gasteiger partial charge in [0.1, 0.15) is 5.75 Å². The monoisotopic (exact) mass is 299 g/mol. The highest BCUT2D eigenvalue weighted by Gasteiger charge is 2.22. The van der Waals surface area contributed by atoms with Crippen LogP contribution in [0.2, 0.25) is 0 Å². The lowest BCUT2D eigenvalue weighted by atomic mass is 9.86. The molecule has 0 aliphatic heterocycles. The first-order chi connectivity index (χ1) is 10.1. The summed E-state index contributed by atoms with van der Waals surface area (Å²) in [5, 5.41) is 12.0. The minimum Gasteiger partial charge on any atom is -0.435 e. The molecule has 1 aliphatic carbocycles. The van der Waals surface area contributed by atoms with Crippen molar-refractivity contribution in [1.82, 2.24) is 5.32 Å². The van der Waals surface area contributed by atoms with E-state index in [0.717, 1.165) is 25.7 Å². The molecule has 1 aliphatic rings. The largest absolute Gasteiger partial charge is 0.435 e. The van der Waals surface area contributed by atoms with E-state index in [4.69, 9.17) is 5.11 Å². The van der Waals surface area contributed by atoms with Gasteiger partial charge in [-0.15, -0.1) is 0 Å². The van der Waals surface area contributed by atoms with Crippen molar-refractivity contribution in [2.24, 2.45) is 5.92 Å². The van der Waals surface area contributed by atoms with E-state index in [9.17, 15) is 13.6 Å². The second-order valence-electron chi connectivity index (χ2n) is 5.28. The van der Waals surface area contributed by atoms with Crippen LogP contribution in [0.15, 0.2) is 24.3 Å². The highest BCUT2D eigenvalue weighted by Crippen LogP contribution is 2.24. The number of carbonyl (C=O) groups is 1. The lowest BCUT2D eigenvalue weighted by molar-refractivity contribution is -0.0498. The molecule has 0 bridgehead atoms. The number of rotatable bonds is 5. The van der Waals surface area contributed by atoms with Gasteiger partial charge >= 0.3 is 6.61 Å². The number of aliphatic hydroxyl groups is 1. The number of hydrogen-bond donors (Lipinski definition) is 2. The molecular weight excluding hydrogens is 280 g/mol. The van der Waals surface area contributed by atoms with Crippen molar-refractivity contribution in [3.8, 4) is 5.75 Å². The lowest BCUT2D eigenvalue weighted by Gasteiger charge is -2.27. The summed E-state index contributed by atoms with van der Waals surface area (Å²) in [5.41, 5.74) is 0.417. The van der Waals surface area contributed by atoms with E-state index >= 15 is 0 Å². The van der Waals surface area contributed by atoms with Crippen molar-refractivity contribution in [2.45, 2.75) is 38.3 Å². The van der Waals surface area contributed by atoms with E-state index in [-0.39, 0.29) is 24.3 Å². The van der Waals surface area contributed by atoms with Gasteiger partial charge in [-0.1, -0.05) is 0 Å². The van der Waals surface area contributed by atoms with E-state index in [0.29, 0.717) is 11.5 Å². The molecular formula is C15H19F2NO3. The number of nitrogens with one attached hydrogen (secondary N) is 1. The Morgan fingerprint density at radius 3 is 2.38 bits per heavy atom. The zero-order chi connectivity index (χ0) is 15.2. The van der Waals surface area contributed by atoms with Crippen molar-refractivity contribution in [1.29, 1.82) is 0 Å². The molecule has 116 valence electrons. The van der Waals surface area contributed by atoms with Crippen molar-refractivity contribution in [3.63, 3.8) is 0 Å². The number of halogens is 2. The molecule has 2 rings (SSSR count). The second kappa shape index (κ2) is 7.36. The van der Waals surface area contributed by atoms with Crippen molar-refractivity contribution >= 4 is 5.91 Å². The number of ether oxygens (including phenoxy) is 1. The maximum Gasteiger partial charge on any atom is 0.387 e. The van der Waals surface area contributed by atoms with Gasteiger partial charge in [-0.3, -0.25) is 4.79 Å². The number of hydrogen-bond acceptors (Lipinski definition) is 3. The summed E-state index contributed by atoms with van der Waals surface area (Å²) in [7, 11) is 0. The molecule has 0 radical (unpaired) electrons. The van der Waals surface area contributed by atoms with Gasteiger partial charge in [0.2, 0.25) is 0 Å². The SMILES string of the molecule is O=C(NC1CCC(CO)CC1)c1ccc(OC(F)F)cc1. The molecule has 1 amide bonds. The summed E-state index contributed by atoms with van der Waals surface area (Å²) in [4.78, 5) is 12.0. The predicted octanol–water partition coefficient (Wildman–Crippen LogP) is 2.57. The zero-order valence-electron chi connectivity index (χ0n) is 11.6. The molecule has 1 saturated carbocycles. The lowest BCUT2D eigenvalue weighted by Crippen LogP contribution is -2.38. The quantitative estimate of drug-likeness (QED) is 0.878. The summed E-state index contributed by atoms with van der Waals surface area (Å²) < 4.78 is 28.3. The average molecular weight is 299 g/mol. The molecule has 0 aromatic heterocycles. The van der Waals surface area contributed by atoms with Gasteiger partial charge in [0.15, 0.2) is 0 Å². The summed E-state index contributed by atoms with van der Waals surface area (Å²) in [6.07, 6.45) is 3.51. The first kappa shape index (κ1) is 15.7. The van der Waals surface area contributed by atoms with Crippen LogP contribution in [0.3, 0.4) is 0 Å². The number of aliphatic hydroxyl groups excluding tert-OH is 1. The van der Waals surface area contributed by atoms with Crippen molar-refractivity contribution in [3.05, 3.63) is 29.8 Å². The normalized spacial score (nSPS) is 22.1. The molecule has 1 aromatic rings. The molecule has 1 aromatic carbocycles. The highest BCUT2D eigenvalue weighted by molar-refractivity contribution is 5.94. The van der Waals surface area contributed by atoms with Crippen LogP contribution in [-0.4, -0.2) is 30.3 Å². The second-order valence-corrected chi connectivity index (χ2v) is 5.28. The Hall–Kier alpha value is -1.69. The third-order valence-electron chi connectivity index (χ3n) is 3.78. The molecule has 21 heavy (non-hydrogen) atoms. The molecule has 4 nitrogen and oxygen atoms in total. The first-order valence-electron chi connectivity index (χ1n) is 7.05. The number of amides is 1. The zero-order valence-corrected chi connectivity index (χ0v) is 11.6. The van der Waals surface area contributed by atoms with Crippen LogP contribution in [0.25, 0.3) is 0 Å². The Morgan fingerprint density at radius 2 is 1.86 bits per heavy atom. The van der Waals surface area contributed by atoms with Gasteiger partial charge in [-0.25, -0.2) is 0 Å². The third-order valence-corrected chi connectivity index (χ3v) is 3.78. The summed E-state index contributed by atoms with van der Waals surface area (Å²) >= 11 is 0. The fourth-order valence-electron chi connectivity index (χ4n) is 2.55. The van der Waals surface area contributed by atoms with Crippen LogP contribution >= 0.6 is 0 Å². The molecule has 0 atom stereocenters.